The normalized spacial score (nSPS) is 11.8. The smallest absolute Gasteiger partial charge is 0.411 e. The molecule has 0 aliphatic rings. The maximum absolute atomic E-state index is 12.1. The molecule has 0 spiro atoms. The van der Waals surface area contributed by atoms with Crippen LogP contribution < -0.4 is 11.3 Å². The maximum atomic E-state index is 12.1. The van der Waals surface area contributed by atoms with E-state index in [-0.39, 0.29) is 11.3 Å². The van der Waals surface area contributed by atoms with Gasteiger partial charge in [0.25, 0.3) is 0 Å². The fraction of sp³-hybridized carbons (Fsp3) is 0.250. The number of halogens is 3. The number of para-hydroxylation sites is 1. The van der Waals surface area contributed by atoms with Crippen LogP contribution in [0, 0.1) is 0 Å². The second-order valence-electron chi connectivity index (χ2n) is 3.99. The summed E-state index contributed by atoms with van der Waals surface area (Å²) in [7, 11) is 0. The highest BCUT2D eigenvalue weighted by molar-refractivity contribution is 5.98. The zero-order valence-electron chi connectivity index (χ0n) is 10.2. The zero-order chi connectivity index (χ0) is 14.8. The number of furan rings is 1. The van der Waals surface area contributed by atoms with Crippen molar-refractivity contribution in [1.29, 1.82) is 0 Å². The van der Waals surface area contributed by atoms with E-state index in [9.17, 15) is 18.0 Å². The second kappa shape index (κ2) is 5.51. The lowest BCUT2D eigenvalue weighted by Crippen LogP contribution is -2.30. The lowest BCUT2D eigenvalue weighted by molar-refractivity contribution is -0.176. The number of benzene rings is 1. The van der Waals surface area contributed by atoms with Gasteiger partial charge in [-0.3, -0.25) is 10.2 Å². The van der Waals surface area contributed by atoms with Gasteiger partial charge in [0.15, 0.2) is 5.76 Å². The average Bonchev–Trinajstić information content (AvgIpc) is 2.76. The molecule has 2 rings (SSSR count). The molecule has 8 heteroatoms. The lowest BCUT2D eigenvalue weighted by Gasteiger charge is -2.07. The van der Waals surface area contributed by atoms with Gasteiger partial charge in [-0.05, 0) is 6.07 Å². The summed E-state index contributed by atoms with van der Waals surface area (Å²) in [6, 6.07) is 6.57. The average molecular weight is 288 g/mol. The SMILES string of the molecule is NNC(=O)c1oc2ccccc2c1COCC(F)(F)F. The van der Waals surface area contributed by atoms with Crippen molar-refractivity contribution in [1.82, 2.24) is 5.43 Å². The van der Waals surface area contributed by atoms with Gasteiger partial charge < -0.3 is 9.15 Å². The molecular weight excluding hydrogens is 277 g/mol. The van der Waals surface area contributed by atoms with E-state index < -0.39 is 25.3 Å². The monoisotopic (exact) mass is 288 g/mol. The molecule has 1 amide bonds. The predicted octanol–water partition coefficient (Wildman–Crippen LogP) is 2.12. The van der Waals surface area contributed by atoms with Crippen LogP contribution in [0.1, 0.15) is 16.1 Å². The van der Waals surface area contributed by atoms with E-state index >= 15 is 0 Å². The summed E-state index contributed by atoms with van der Waals surface area (Å²) in [6.07, 6.45) is -4.43. The van der Waals surface area contributed by atoms with Crippen molar-refractivity contribution < 1.29 is 27.1 Å². The Labute approximate surface area is 111 Å². The van der Waals surface area contributed by atoms with Gasteiger partial charge in [0, 0.05) is 10.9 Å². The van der Waals surface area contributed by atoms with Gasteiger partial charge in [-0.25, -0.2) is 5.84 Å². The highest BCUT2D eigenvalue weighted by Crippen LogP contribution is 2.27. The van der Waals surface area contributed by atoms with Crippen molar-refractivity contribution in [3.05, 3.63) is 35.6 Å². The number of carbonyl (C=O) groups is 1. The van der Waals surface area contributed by atoms with E-state index in [2.05, 4.69) is 4.74 Å². The van der Waals surface area contributed by atoms with Gasteiger partial charge in [-0.2, -0.15) is 13.2 Å². The molecule has 2 aromatic rings. The van der Waals surface area contributed by atoms with Crippen molar-refractivity contribution in [2.75, 3.05) is 6.61 Å². The minimum Gasteiger partial charge on any atom is -0.450 e. The summed E-state index contributed by atoms with van der Waals surface area (Å²) >= 11 is 0. The molecule has 0 atom stereocenters. The molecule has 1 aromatic carbocycles. The van der Waals surface area contributed by atoms with Crippen molar-refractivity contribution >= 4 is 16.9 Å². The Hall–Kier alpha value is -2.06. The molecule has 0 aliphatic carbocycles. The number of nitrogens with two attached hydrogens (primary N) is 1. The first-order valence-electron chi connectivity index (χ1n) is 5.58. The molecule has 0 aliphatic heterocycles. The number of fused-ring (bicyclic) bond motifs is 1. The zero-order valence-corrected chi connectivity index (χ0v) is 10.2. The number of amides is 1. The highest BCUT2D eigenvalue weighted by atomic mass is 19.4. The number of ether oxygens (including phenoxy) is 1. The fourth-order valence-corrected chi connectivity index (χ4v) is 1.76. The number of hydrogen-bond donors (Lipinski definition) is 2. The Morgan fingerprint density at radius 1 is 1.35 bits per heavy atom. The number of nitrogen functional groups attached to an aromatic ring is 1. The Morgan fingerprint density at radius 2 is 2.05 bits per heavy atom. The third-order valence-corrected chi connectivity index (χ3v) is 2.55. The van der Waals surface area contributed by atoms with Gasteiger partial charge in [-0.15, -0.1) is 0 Å². The maximum Gasteiger partial charge on any atom is 0.411 e. The van der Waals surface area contributed by atoms with E-state index in [0.29, 0.717) is 11.0 Å². The summed E-state index contributed by atoms with van der Waals surface area (Å²) < 4.78 is 46.1. The van der Waals surface area contributed by atoms with Crippen LogP contribution in [0.25, 0.3) is 11.0 Å². The summed E-state index contributed by atoms with van der Waals surface area (Å²) in [5, 5.41) is 0.508. The van der Waals surface area contributed by atoms with Crippen LogP contribution in [0.2, 0.25) is 0 Å². The van der Waals surface area contributed by atoms with E-state index in [4.69, 9.17) is 10.3 Å². The third-order valence-electron chi connectivity index (χ3n) is 2.55. The van der Waals surface area contributed by atoms with Crippen LogP contribution in [0.15, 0.2) is 28.7 Å². The number of hydrogen-bond acceptors (Lipinski definition) is 4. The molecule has 0 saturated heterocycles. The first-order valence-corrected chi connectivity index (χ1v) is 5.58. The first kappa shape index (κ1) is 14.4. The fourth-order valence-electron chi connectivity index (χ4n) is 1.76. The highest BCUT2D eigenvalue weighted by Gasteiger charge is 2.28. The number of rotatable bonds is 4. The molecule has 1 heterocycles. The van der Waals surface area contributed by atoms with Gasteiger partial charge in [0.05, 0.1) is 6.61 Å². The topological polar surface area (TPSA) is 77.5 Å². The number of nitrogens with one attached hydrogen (secondary N) is 1. The molecule has 20 heavy (non-hydrogen) atoms. The van der Waals surface area contributed by atoms with Crippen LogP contribution in [-0.4, -0.2) is 18.7 Å². The molecule has 0 unspecified atom stereocenters. The van der Waals surface area contributed by atoms with Gasteiger partial charge in [-0.1, -0.05) is 18.2 Å². The molecule has 0 bridgehead atoms. The number of alkyl halides is 3. The van der Waals surface area contributed by atoms with Crippen LogP contribution in [-0.2, 0) is 11.3 Å². The third kappa shape index (κ3) is 3.09. The van der Waals surface area contributed by atoms with Gasteiger partial charge in [0.2, 0.25) is 0 Å². The van der Waals surface area contributed by atoms with Crippen LogP contribution >= 0.6 is 0 Å². The summed E-state index contributed by atoms with van der Waals surface area (Å²) in [6.45, 7) is -1.81. The van der Waals surface area contributed by atoms with E-state index in [1.807, 2.05) is 5.43 Å². The molecule has 0 fully saturated rings. The van der Waals surface area contributed by atoms with Crippen LogP contribution in [0.5, 0.6) is 0 Å². The Bertz CT molecular complexity index is 622. The Balaban J connectivity index is 2.31. The molecule has 1 aromatic heterocycles. The standard InChI is InChI=1S/C12H11F3N2O3/c13-12(14,15)6-19-5-8-7-3-1-2-4-9(7)20-10(8)11(18)17-16/h1-4H,5-6,16H2,(H,17,18). The van der Waals surface area contributed by atoms with Crippen LogP contribution in [0.3, 0.4) is 0 Å². The largest absolute Gasteiger partial charge is 0.450 e. The van der Waals surface area contributed by atoms with Crippen molar-refractivity contribution in [3.63, 3.8) is 0 Å². The van der Waals surface area contributed by atoms with E-state index in [1.54, 1.807) is 24.3 Å². The van der Waals surface area contributed by atoms with Gasteiger partial charge >= 0.3 is 12.1 Å². The van der Waals surface area contributed by atoms with Crippen LogP contribution in [0.4, 0.5) is 13.2 Å². The molecule has 0 saturated carbocycles. The van der Waals surface area contributed by atoms with Gasteiger partial charge in [0.1, 0.15) is 12.2 Å². The number of carbonyl (C=O) groups excluding carboxylic acids is 1. The molecule has 0 radical (unpaired) electrons. The summed E-state index contributed by atoms with van der Waals surface area (Å²) in [4.78, 5) is 11.6. The number of hydrazine groups is 1. The molecule has 5 nitrogen and oxygen atoms in total. The summed E-state index contributed by atoms with van der Waals surface area (Å²) in [5.41, 5.74) is 2.48. The summed E-state index contributed by atoms with van der Waals surface area (Å²) in [5.74, 6) is 4.13. The quantitative estimate of drug-likeness (QED) is 0.513. The predicted molar refractivity (Wildman–Crippen MR) is 63.6 cm³/mol. The lowest BCUT2D eigenvalue weighted by atomic mass is 10.1. The molecule has 3 N–H and O–H groups in total. The minimum atomic E-state index is -4.43. The van der Waals surface area contributed by atoms with Crippen molar-refractivity contribution in [2.24, 2.45) is 5.84 Å². The minimum absolute atomic E-state index is 0.157. The molecular formula is C12H11F3N2O3. The van der Waals surface area contributed by atoms with E-state index in [0.717, 1.165) is 0 Å². The first-order chi connectivity index (χ1) is 9.42. The molecule has 108 valence electrons. The van der Waals surface area contributed by atoms with Crippen molar-refractivity contribution in [3.8, 4) is 0 Å². The van der Waals surface area contributed by atoms with E-state index in [1.165, 1.54) is 0 Å². The Kier molecular flexibility index (Phi) is 3.96. The van der Waals surface area contributed by atoms with Crippen molar-refractivity contribution in [2.45, 2.75) is 12.8 Å². The Morgan fingerprint density at radius 3 is 2.70 bits per heavy atom. The second-order valence-corrected chi connectivity index (χ2v) is 3.99.